The molecule has 6 heteroatoms. The molecule has 2 aromatic rings. The maximum atomic E-state index is 12.3. The van der Waals surface area contributed by atoms with Gasteiger partial charge in [0.25, 0.3) is 5.56 Å². The highest BCUT2D eigenvalue weighted by atomic mass is 79.9. The van der Waals surface area contributed by atoms with E-state index in [4.69, 9.17) is 0 Å². The number of halogens is 1. The van der Waals surface area contributed by atoms with Crippen LogP contribution in [0.25, 0.3) is 0 Å². The van der Waals surface area contributed by atoms with Crippen LogP contribution in [0.5, 0.6) is 0 Å². The molecule has 0 saturated heterocycles. The molecule has 1 aromatic heterocycles. The minimum atomic E-state index is -1.32. The molecule has 1 aliphatic rings. The summed E-state index contributed by atoms with van der Waals surface area (Å²) in [7, 11) is 0. The second kappa shape index (κ2) is 5.52. The van der Waals surface area contributed by atoms with Crippen molar-refractivity contribution >= 4 is 15.9 Å². The quantitative estimate of drug-likeness (QED) is 0.813. The number of rotatable bonds is 3. The van der Waals surface area contributed by atoms with Crippen LogP contribution in [0.15, 0.2) is 39.9 Å². The van der Waals surface area contributed by atoms with Crippen molar-refractivity contribution in [3.8, 4) is 0 Å². The van der Waals surface area contributed by atoms with Gasteiger partial charge in [-0.2, -0.15) is 0 Å². The number of hydrogen-bond donors (Lipinski definition) is 2. The highest BCUT2D eigenvalue weighted by Crippen LogP contribution is 2.44. The van der Waals surface area contributed by atoms with Crippen LogP contribution in [0.4, 0.5) is 0 Å². The van der Waals surface area contributed by atoms with Crippen LogP contribution in [0.2, 0.25) is 0 Å². The fourth-order valence-corrected chi connectivity index (χ4v) is 3.85. The number of fused-ring (bicyclic) bond motifs is 1. The van der Waals surface area contributed by atoms with E-state index in [1.165, 1.54) is 4.57 Å². The molecule has 0 fully saturated rings. The third-order valence-electron chi connectivity index (χ3n) is 4.31. The van der Waals surface area contributed by atoms with Crippen molar-refractivity contribution in [2.24, 2.45) is 0 Å². The van der Waals surface area contributed by atoms with E-state index in [2.05, 4.69) is 20.9 Å². The third-order valence-corrected chi connectivity index (χ3v) is 5.06. The second-order valence-corrected chi connectivity index (χ2v) is 6.20. The molecule has 0 saturated carbocycles. The maximum absolute atomic E-state index is 12.3. The van der Waals surface area contributed by atoms with Gasteiger partial charge in [0, 0.05) is 17.3 Å². The SMILES string of the molecule is CCc1c2n(c(=O)[nH]c1=O)[C@H](CBr)C[C@@]2(O)c1ccccc1. The monoisotopic (exact) mass is 364 g/mol. The zero-order chi connectivity index (χ0) is 15.9. The Balaban J connectivity index is 2.38. The summed E-state index contributed by atoms with van der Waals surface area (Å²) in [5, 5.41) is 11.9. The van der Waals surface area contributed by atoms with Gasteiger partial charge in [-0.1, -0.05) is 53.2 Å². The number of aliphatic hydroxyl groups is 1. The Morgan fingerprint density at radius 3 is 2.64 bits per heavy atom. The van der Waals surface area contributed by atoms with Crippen LogP contribution in [0, 0.1) is 0 Å². The Labute approximate surface area is 135 Å². The molecule has 0 bridgehead atoms. The van der Waals surface area contributed by atoms with E-state index in [1.54, 1.807) is 0 Å². The molecule has 0 aliphatic carbocycles. The number of hydrogen-bond acceptors (Lipinski definition) is 3. The molecule has 22 heavy (non-hydrogen) atoms. The normalized spacial score (nSPS) is 23.5. The van der Waals surface area contributed by atoms with Crippen LogP contribution in [0.1, 0.15) is 36.2 Å². The lowest BCUT2D eigenvalue weighted by atomic mass is 9.86. The Bertz CT molecular complexity index is 812. The average Bonchev–Trinajstić information content (AvgIpc) is 2.84. The molecule has 0 spiro atoms. The van der Waals surface area contributed by atoms with E-state index < -0.39 is 16.9 Å². The van der Waals surface area contributed by atoms with Crippen LogP contribution >= 0.6 is 15.9 Å². The summed E-state index contributed by atoms with van der Waals surface area (Å²) in [6, 6.07) is 9.01. The maximum Gasteiger partial charge on any atom is 0.328 e. The summed E-state index contributed by atoms with van der Waals surface area (Å²) < 4.78 is 1.53. The van der Waals surface area contributed by atoms with Gasteiger partial charge in [0.1, 0.15) is 5.60 Å². The molecule has 5 nitrogen and oxygen atoms in total. The molecular formula is C16H17BrN2O3. The Kier molecular flexibility index (Phi) is 3.82. The summed E-state index contributed by atoms with van der Waals surface area (Å²) in [4.78, 5) is 26.8. The van der Waals surface area contributed by atoms with Crippen LogP contribution < -0.4 is 11.2 Å². The molecule has 2 heterocycles. The zero-order valence-electron chi connectivity index (χ0n) is 12.2. The number of aromatic nitrogens is 2. The van der Waals surface area contributed by atoms with Crippen molar-refractivity contribution in [3.63, 3.8) is 0 Å². The summed E-state index contributed by atoms with van der Waals surface area (Å²) in [5.41, 5.74) is -0.601. The molecular weight excluding hydrogens is 348 g/mol. The van der Waals surface area contributed by atoms with E-state index >= 15 is 0 Å². The minimum Gasteiger partial charge on any atom is -0.379 e. The Morgan fingerprint density at radius 1 is 1.36 bits per heavy atom. The second-order valence-electron chi connectivity index (χ2n) is 5.55. The largest absolute Gasteiger partial charge is 0.379 e. The first-order valence-corrected chi connectivity index (χ1v) is 8.37. The molecule has 2 N–H and O–H groups in total. The van der Waals surface area contributed by atoms with Crippen LogP contribution in [0.3, 0.4) is 0 Å². The number of alkyl halides is 1. The van der Waals surface area contributed by atoms with E-state index in [-0.39, 0.29) is 6.04 Å². The van der Waals surface area contributed by atoms with Crippen molar-refractivity contribution in [3.05, 3.63) is 68.0 Å². The average molecular weight is 365 g/mol. The fourth-order valence-electron chi connectivity index (χ4n) is 3.33. The standard InChI is InChI=1S/C16H17BrN2O3/c1-2-12-13-16(22,10-6-4-3-5-7-10)8-11(9-17)19(13)15(21)18-14(12)20/h3-7,11,22H,2,8-9H2,1H3,(H,18,20,21)/t11-,16+/m0/s1. The summed E-state index contributed by atoms with van der Waals surface area (Å²) in [6.45, 7) is 1.85. The van der Waals surface area contributed by atoms with Crippen molar-refractivity contribution in [1.82, 2.24) is 9.55 Å². The van der Waals surface area contributed by atoms with Gasteiger partial charge >= 0.3 is 5.69 Å². The summed E-state index contributed by atoms with van der Waals surface area (Å²) >= 11 is 3.41. The highest BCUT2D eigenvalue weighted by Gasteiger charge is 2.46. The zero-order valence-corrected chi connectivity index (χ0v) is 13.8. The number of aromatic amines is 1. The van der Waals surface area contributed by atoms with Crippen molar-refractivity contribution in [2.75, 3.05) is 5.33 Å². The fraction of sp³-hybridized carbons (Fsp3) is 0.375. The predicted molar refractivity (Wildman–Crippen MR) is 87.6 cm³/mol. The lowest BCUT2D eigenvalue weighted by Crippen LogP contribution is -2.37. The van der Waals surface area contributed by atoms with Gasteiger partial charge in [-0.05, 0) is 12.0 Å². The topological polar surface area (TPSA) is 75.1 Å². The number of benzene rings is 1. The predicted octanol–water partition coefficient (Wildman–Crippen LogP) is 1.67. The van der Waals surface area contributed by atoms with E-state index in [0.29, 0.717) is 35.0 Å². The van der Waals surface area contributed by atoms with Gasteiger partial charge in [-0.25, -0.2) is 4.79 Å². The number of H-pyrrole nitrogens is 1. The van der Waals surface area contributed by atoms with Gasteiger partial charge in [-0.15, -0.1) is 0 Å². The molecule has 0 unspecified atom stereocenters. The molecule has 1 aromatic carbocycles. The smallest absolute Gasteiger partial charge is 0.328 e. The van der Waals surface area contributed by atoms with E-state index in [1.807, 2.05) is 37.3 Å². The summed E-state index contributed by atoms with van der Waals surface area (Å²) in [6.07, 6.45) is 0.816. The highest BCUT2D eigenvalue weighted by molar-refractivity contribution is 9.09. The summed E-state index contributed by atoms with van der Waals surface area (Å²) in [5.74, 6) is 0. The molecule has 0 amide bonds. The van der Waals surface area contributed by atoms with Crippen LogP contribution in [-0.2, 0) is 12.0 Å². The molecule has 3 rings (SSSR count). The van der Waals surface area contributed by atoms with Gasteiger partial charge in [0.2, 0.25) is 0 Å². The van der Waals surface area contributed by atoms with Gasteiger partial charge in [0.15, 0.2) is 0 Å². The first kappa shape index (κ1) is 15.2. The molecule has 2 atom stereocenters. The minimum absolute atomic E-state index is 0.199. The number of nitrogens with zero attached hydrogens (tertiary/aromatic N) is 1. The van der Waals surface area contributed by atoms with E-state index in [9.17, 15) is 14.7 Å². The molecule has 1 aliphatic heterocycles. The first-order valence-electron chi connectivity index (χ1n) is 7.25. The molecule has 116 valence electrons. The van der Waals surface area contributed by atoms with Crippen LogP contribution in [-0.4, -0.2) is 20.0 Å². The van der Waals surface area contributed by atoms with Gasteiger partial charge in [0.05, 0.1) is 11.7 Å². The van der Waals surface area contributed by atoms with Crippen molar-refractivity contribution in [2.45, 2.75) is 31.4 Å². The third kappa shape index (κ3) is 2.09. The first-order chi connectivity index (χ1) is 10.5. The van der Waals surface area contributed by atoms with E-state index in [0.717, 1.165) is 0 Å². The molecule has 0 radical (unpaired) electrons. The van der Waals surface area contributed by atoms with Crippen molar-refractivity contribution < 1.29 is 5.11 Å². The van der Waals surface area contributed by atoms with Gasteiger partial charge in [-0.3, -0.25) is 14.3 Å². The lowest BCUT2D eigenvalue weighted by molar-refractivity contribution is 0.0778. The van der Waals surface area contributed by atoms with Crippen molar-refractivity contribution in [1.29, 1.82) is 0 Å². The Hall–Kier alpha value is -1.66. The number of nitrogens with one attached hydrogen (secondary N) is 1. The lowest BCUT2D eigenvalue weighted by Gasteiger charge is -2.25. The van der Waals surface area contributed by atoms with Gasteiger partial charge < -0.3 is 5.11 Å². The Morgan fingerprint density at radius 2 is 2.05 bits per heavy atom.